The van der Waals surface area contributed by atoms with E-state index in [9.17, 15) is 4.79 Å². The molecular formula is C13H11BrN2O3. The smallest absolute Gasteiger partial charge is 0.358 e. The molecule has 0 unspecified atom stereocenters. The van der Waals surface area contributed by atoms with Crippen LogP contribution in [0, 0.1) is 0 Å². The molecule has 1 aromatic heterocycles. The van der Waals surface area contributed by atoms with Crippen LogP contribution in [0.25, 0.3) is 0 Å². The maximum absolute atomic E-state index is 11.7. The van der Waals surface area contributed by atoms with E-state index in [-0.39, 0.29) is 12.3 Å². The van der Waals surface area contributed by atoms with Crippen molar-refractivity contribution in [3.05, 3.63) is 52.5 Å². The number of hydrogen-bond donors (Lipinski definition) is 0. The Morgan fingerprint density at radius 3 is 2.89 bits per heavy atom. The highest BCUT2D eigenvalue weighted by Gasteiger charge is 2.11. The zero-order valence-electron chi connectivity index (χ0n) is 10.2. The van der Waals surface area contributed by atoms with Crippen molar-refractivity contribution in [3.63, 3.8) is 0 Å². The topological polar surface area (TPSA) is 61.3 Å². The van der Waals surface area contributed by atoms with Crippen molar-refractivity contribution in [1.82, 2.24) is 9.97 Å². The van der Waals surface area contributed by atoms with Crippen LogP contribution in [0.1, 0.15) is 16.1 Å². The van der Waals surface area contributed by atoms with Gasteiger partial charge >= 0.3 is 5.97 Å². The number of esters is 1. The van der Waals surface area contributed by atoms with Crippen molar-refractivity contribution in [1.29, 1.82) is 0 Å². The van der Waals surface area contributed by atoms with Gasteiger partial charge in [-0.05, 0) is 18.2 Å². The van der Waals surface area contributed by atoms with Crippen molar-refractivity contribution < 1.29 is 14.3 Å². The van der Waals surface area contributed by atoms with E-state index in [0.29, 0.717) is 5.75 Å². The minimum atomic E-state index is -0.518. The molecule has 5 nitrogen and oxygen atoms in total. The van der Waals surface area contributed by atoms with Crippen molar-refractivity contribution in [2.24, 2.45) is 0 Å². The van der Waals surface area contributed by atoms with E-state index in [1.807, 2.05) is 12.1 Å². The fraction of sp³-hybridized carbons (Fsp3) is 0.154. The highest BCUT2D eigenvalue weighted by atomic mass is 79.9. The van der Waals surface area contributed by atoms with Gasteiger partial charge in [-0.25, -0.2) is 9.78 Å². The molecule has 0 amide bonds. The predicted octanol–water partition coefficient (Wildman–Crippen LogP) is 2.60. The number of nitrogens with zero attached hydrogens (tertiary/aromatic N) is 2. The zero-order chi connectivity index (χ0) is 13.7. The Morgan fingerprint density at radius 1 is 1.37 bits per heavy atom. The third kappa shape index (κ3) is 3.51. The summed E-state index contributed by atoms with van der Waals surface area (Å²) in [5.74, 6) is 0.144. The van der Waals surface area contributed by atoms with Crippen LogP contribution in [0.4, 0.5) is 0 Å². The van der Waals surface area contributed by atoms with Crippen LogP contribution in [-0.4, -0.2) is 23.0 Å². The monoisotopic (exact) mass is 322 g/mol. The number of carbonyl (C=O) groups excluding carboxylic acids is 1. The van der Waals surface area contributed by atoms with Gasteiger partial charge in [-0.2, -0.15) is 0 Å². The van der Waals surface area contributed by atoms with E-state index < -0.39 is 5.97 Å². The largest absolute Gasteiger partial charge is 0.496 e. The van der Waals surface area contributed by atoms with Crippen LogP contribution in [0.3, 0.4) is 0 Å². The molecule has 1 heterocycles. The summed E-state index contributed by atoms with van der Waals surface area (Å²) in [5, 5.41) is 0. The normalized spacial score (nSPS) is 10.0. The van der Waals surface area contributed by atoms with Crippen LogP contribution < -0.4 is 4.74 Å². The highest BCUT2D eigenvalue weighted by molar-refractivity contribution is 9.10. The predicted molar refractivity (Wildman–Crippen MR) is 71.8 cm³/mol. The van der Waals surface area contributed by atoms with E-state index in [2.05, 4.69) is 25.9 Å². The molecule has 98 valence electrons. The van der Waals surface area contributed by atoms with E-state index in [4.69, 9.17) is 9.47 Å². The first-order chi connectivity index (χ1) is 9.20. The molecule has 0 aliphatic rings. The zero-order valence-corrected chi connectivity index (χ0v) is 11.8. The average molecular weight is 323 g/mol. The first-order valence-corrected chi connectivity index (χ1v) is 6.25. The second-order valence-electron chi connectivity index (χ2n) is 3.62. The van der Waals surface area contributed by atoms with E-state index in [1.54, 1.807) is 13.2 Å². The van der Waals surface area contributed by atoms with Gasteiger partial charge in [-0.15, -0.1) is 0 Å². The van der Waals surface area contributed by atoms with Gasteiger partial charge in [-0.1, -0.05) is 15.9 Å². The fourth-order valence-corrected chi connectivity index (χ4v) is 1.89. The standard InChI is InChI=1S/C13H11BrN2O3/c1-18-12-3-2-10(14)6-9(12)8-19-13(17)11-7-15-4-5-16-11/h2-7H,8H2,1H3. The summed E-state index contributed by atoms with van der Waals surface area (Å²) in [7, 11) is 1.57. The average Bonchev–Trinajstić information content (AvgIpc) is 2.46. The molecule has 2 rings (SSSR count). The summed E-state index contributed by atoms with van der Waals surface area (Å²) in [6.07, 6.45) is 4.30. The Balaban J connectivity index is 2.07. The van der Waals surface area contributed by atoms with Crippen molar-refractivity contribution in [2.45, 2.75) is 6.61 Å². The number of rotatable bonds is 4. The number of carbonyl (C=O) groups is 1. The lowest BCUT2D eigenvalue weighted by molar-refractivity contribution is 0.0462. The Kier molecular flexibility index (Phi) is 4.46. The molecule has 0 atom stereocenters. The van der Waals surface area contributed by atoms with Crippen molar-refractivity contribution >= 4 is 21.9 Å². The van der Waals surface area contributed by atoms with Crippen LogP contribution in [0.15, 0.2) is 41.3 Å². The molecule has 0 fully saturated rings. The first kappa shape index (κ1) is 13.5. The SMILES string of the molecule is COc1ccc(Br)cc1COC(=O)c1cnccn1. The number of hydrogen-bond acceptors (Lipinski definition) is 5. The summed E-state index contributed by atoms with van der Waals surface area (Å²) in [6.45, 7) is 0.109. The van der Waals surface area contributed by atoms with Crippen LogP contribution in [0.2, 0.25) is 0 Å². The van der Waals surface area contributed by atoms with Crippen LogP contribution in [-0.2, 0) is 11.3 Å². The molecule has 0 radical (unpaired) electrons. The Bertz CT molecular complexity index is 575. The summed E-state index contributed by atoms with van der Waals surface area (Å²) in [6, 6.07) is 5.49. The molecule has 0 N–H and O–H groups in total. The highest BCUT2D eigenvalue weighted by Crippen LogP contribution is 2.23. The number of ether oxygens (including phenoxy) is 2. The lowest BCUT2D eigenvalue weighted by Crippen LogP contribution is -2.08. The van der Waals surface area contributed by atoms with E-state index in [1.165, 1.54) is 18.6 Å². The number of methoxy groups -OCH3 is 1. The van der Waals surface area contributed by atoms with Gasteiger partial charge in [0.1, 0.15) is 12.4 Å². The Morgan fingerprint density at radius 2 is 2.21 bits per heavy atom. The summed E-state index contributed by atoms with van der Waals surface area (Å²) in [4.78, 5) is 19.4. The fourth-order valence-electron chi connectivity index (χ4n) is 1.48. The summed E-state index contributed by atoms with van der Waals surface area (Å²) in [5.41, 5.74) is 0.950. The molecule has 0 aliphatic carbocycles. The molecule has 1 aromatic carbocycles. The Labute approximate surface area is 118 Å². The van der Waals surface area contributed by atoms with Crippen molar-refractivity contribution in [2.75, 3.05) is 7.11 Å². The Hall–Kier alpha value is -1.95. The van der Waals surface area contributed by atoms with Gasteiger partial charge in [0.05, 0.1) is 13.3 Å². The molecule has 6 heteroatoms. The third-order valence-corrected chi connectivity index (χ3v) is 2.87. The van der Waals surface area contributed by atoms with Gasteiger partial charge in [0.15, 0.2) is 5.69 Å². The number of halogens is 1. The lowest BCUT2D eigenvalue weighted by Gasteiger charge is -2.09. The van der Waals surface area contributed by atoms with Gasteiger partial charge in [-0.3, -0.25) is 4.98 Å². The van der Waals surface area contributed by atoms with Crippen LogP contribution >= 0.6 is 15.9 Å². The van der Waals surface area contributed by atoms with Gasteiger partial charge in [0.25, 0.3) is 0 Å². The minimum Gasteiger partial charge on any atom is -0.496 e. The van der Waals surface area contributed by atoms with E-state index >= 15 is 0 Å². The van der Waals surface area contributed by atoms with Gasteiger partial charge < -0.3 is 9.47 Å². The second kappa shape index (κ2) is 6.29. The first-order valence-electron chi connectivity index (χ1n) is 5.46. The molecule has 2 aromatic rings. The summed E-state index contributed by atoms with van der Waals surface area (Å²) >= 11 is 3.36. The number of aromatic nitrogens is 2. The number of benzene rings is 1. The quantitative estimate of drug-likeness (QED) is 0.810. The molecule has 0 spiro atoms. The molecule has 0 saturated heterocycles. The van der Waals surface area contributed by atoms with Gasteiger partial charge in [0, 0.05) is 22.4 Å². The van der Waals surface area contributed by atoms with Crippen LogP contribution in [0.5, 0.6) is 5.75 Å². The molecular weight excluding hydrogens is 312 g/mol. The molecule has 19 heavy (non-hydrogen) atoms. The van der Waals surface area contributed by atoms with Crippen molar-refractivity contribution in [3.8, 4) is 5.75 Å². The lowest BCUT2D eigenvalue weighted by atomic mass is 10.2. The van der Waals surface area contributed by atoms with E-state index in [0.717, 1.165) is 10.0 Å². The minimum absolute atomic E-state index is 0.109. The second-order valence-corrected chi connectivity index (χ2v) is 4.54. The molecule has 0 bridgehead atoms. The maximum atomic E-state index is 11.7. The van der Waals surface area contributed by atoms with Gasteiger partial charge in [0.2, 0.25) is 0 Å². The third-order valence-electron chi connectivity index (χ3n) is 2.37. The molecule has 0 aliphatic heterocycles. The summed E-state index contributed by atoms with van der Waals surface area (Å²) < 4.78 is 11.3. The maximum Gasteiger partial charge on any atom is 0.358 e. The molecule has 0 saturated carbocycles.